The van der Waals surface area contributed by atoms with E-state index in [1.165, 1.54) is 7.11 Å². The molecule has 2 rings (SSSR count). The summed E-state index contributed by atoms with van der Waals surface area (Å²) >= 11 is 5.82. The molecular formula is C10H13ClN6O2. The summed E-state index contributed by atoms with van der Waals surface area (Å²) in [7, 11) is 1.51. The number of halogens is 1. The molecule has 19 heavy (non-hydrogen) atoms. The first kappa shape index (κ1) is 13.7. The Hall–Kier alpha value is -1.77. The first-order valence-electron chi connectivity index (χ1n) is 5.50. The van der Waals surface area contributed by atoms with Gasteiger partial charge in [-0.3, -0.25) is 4.57 Å². The van der Waals surface area contributed by atoms with Gasteiger partial charge < -0.3 is 15.2 Å². The van der Waals surface area contributed by atoms with Gasteiger partial charge in [-0.05, 0) is 11.6 Å². The zero-order valence-electron chi connectivity index (χ0n) is 10.2. The van der Waals surface area contributed by atoms with Crippen molar-refractivity contribution in [1.82, 2.24) is 24.5 Å². The van der Waals surface area contributed by atoms with E-state index in [1.807, 2.05) is 0 Å². The van der Waals surface area contributed by atoms with Gasteiger partial charge in [0.25, 0.3) is 0 Å². The summed E-state index contributed by atoms with van der Waals surface area (Å²) in [4.78, 5) is 16.0. The van der Waals surface area contributed by atoms with Crippen LogP contribution in [0.5, 0.6) is 0 Å². The number of hydrogen-bond donors (Lipinski definition) is 2. The summed E-state index contributed by atoms with van der Waals surface area (Å²) < 4.78 is 6.42. The zero-order chi connectivity index (χ0) is 13.7. The summed E-state index contributed by atoms with van der Waals surface area (Å²) in [6.07, 6.45) is 4.19. The lowest BCUT2D eigenvalue weighted by atomic mass is 10.4. The Morgan fingerprint density at radius 1 is 1.47 bits per heavy atom. The molecule has 8 nitrogen and oxygen atoms in total. The van der Waals surface area contributed by atoms with E-state index in [4.69, 9.17) is 16.3 Å². The second-order valence-corrected chi connectivity index (χ2v) is 4.03. The third kappa shape index (κ3) is 3.85. The molecule has 0 amide bonds. The van der Waals surface area contributed by atoms with Gasteiger partial charge in [0.2, 0.25) is 17.2 Å². The molecule has 1 unspecified atom stereocenters. The second kappa shape index (κ2) is 6.41. The molecule has 0 aliphatic rings. The van der Waals surface area contributed by atoms with E-state index in [1.54, 1.807) is 23.3 Å². The van der Waals surface area contributed by atoms with Crippen LogP contribution in [0.4, 0.5) is 5.95 Å². The number of nitrogens with zero attached hydrogens (tertiary/aromatic N) is 5. The summed E-state index contributed by atoms with van der Waals surface area (Å²) in [5.41, 5.74) is 0. The lowest BCUT2D eigenvalue weighted by Gasteiger charge is -2.11. The molecule has 2 aromatic heterocycles. The van der Waals surface area contributed by atoms with Gasteiger partial charge in [0.1, 0.15) is 6.33 Å². The van der Waals surface area contributed by atoms with Crippen molar-refractivity contribution in [3.63, 3.8) is 0 Å². The number of hydrogen-bond acceptors (Lipinski definition) is 7. The lowest BCUT2D eigenvalue weighted by molar-refractivity contribution is 0.0726. The van der Waals surface area contributed by atoms with Gasteiger partial charge in [-0.1, -0.05) is 0 Å². The predicted octanol–water partition coefficient (Wildman–Crippen LogP) is 0.130. The minimum absolute atomic E-state index is 0.0578. The van der Waals surface area contributed by atoms with Crippen molar-refractivity contribution in [1.29, 1.82) is 0 Å². The van der Waals surface area contributed by atoms with Crippen LogP contribution in [0.3, 0.4) is 0 Å². The van der Waals surface area contributed by atoms with Gasteiger partial charge in [-0.25, -0.2) is 4.98 Å². The molecule has 9 heteroatoms. The van der Waals surface area contributed by atoms with Gasteiger partial charge in [0, 0.05) is 26.0 Å². The molecule has 0 saturated heterocycles. The van der Waals surface area contributed by atoms with E-state index >= 15 is 0 Å². The van der Waals surface area contributed by atoms with Crippen LogP contribution in [-0.2, 0) is 4.74 Å². The average molecular weight is 285 g/mol. The number of anilines is 1. The highest BCUT2D eigenvalue weighted by atomic mass is 35.5. The van der Waals surface area contributed by atoms with Crippen molar-refractivity contribution >= 4 is 17.5 Å². The summed E-state index contributed by atoms with van der Waals surface area (Å²) in [6.45, 7) is 0.470. The number of aromatic nitrogens is 5. The maximum absolute atomic E-state index is 9.53. The lowest BCUT2D eigenvalue weighted by Crippen LogP contribution is -2.25. The average Bonchev–Trinajstić information content (AvgIpc) is 2.90. The molecule has 0 radical (unpaired) electrons. The van der Waals surface area contributed by atoms with E-state index < -0.39 is 6.10 Å². The van der Waals surface area contributed by atoms with Crippen LogP contribution in [0.25, 0.3) is 5.95 Å². The quantitative estimate of drug-likeness (QED) is 0.778. The fraction of sp³-hybridized carbons (Fsp3) is 0.400. The first-order chi connectivity index (χ1) is 9.19. The SMILES string of the molecule is COCC(O)CNc1nc(Cl)nc(-n2ccnc2)n1. The third-order valence-electron chi connectivity index (χ3n) is 2.19. The molecule has 2 N–H and O–H groups in total. The van der Waals surface area contributed by atoms with Crippen molar-refractivity contribution < 1.29 is 9.84 Å². The largest absolute Gasteiger partial charge is 0.389 e. The maximum Gasteiger partial charge on any atom is 0.241 e. The van der Waals surface area contributed by atoms with E-state index in [-0.39, 0.29) is 24.4 Å². The van der Waals surface area contributed by atoms with Gasteiger partial charge in [0.15, 0.2) is 0 Å². The summed E-state index contributed by atoms with van der Waals surface area (Å²) in [6, 6.07) is 0. The van der Waals surface area contributed by atoms with Crippen LogP contribution in [0, 0.1) is 0 Å². The van der Waals surface area contributed by atoms with Crippen LogP contribution in [0.15, 0.2) is 18.7 Å². The minimum Gasteiger partial charge on any atom is -0.389 e. The van der Waals surface area contributed by atoms with Crippen molar-refractivity contribution in [2.45, 2.75) is 6.10 Å². The Bertz CT molecular complexity index is 521. The number of rotatable bonds is 6. The number of imidazole rings is 1. The van der Waals surface area contributed by atoms with Crippen LogP contribution in [0.1, 0.15) is 0 Å². The number of aliphatic hydroxyl groups is 1. The monoisotopic (exact) mass is 284 g/mol. The molecule has 0 aromatic carbocycles. The number of aliphatic hydroxyl groups excluding tert-OH is 1. The van der Waals surface area contributed by atoms with E-state index in [9.17, 15) is 5.11 Å². The molecule has 2 heterocycles. The molecule has 0 bridgehead atoms. The summed E-state index contributed by atoms with van der Waals surface area (Å²) in [5, 5.41) is 12.4. The Kier molecular flexibility index (Phi) is 4.61. The number of methoxy groups -OCH3 is 1. The van der Waals surface area contributed by atoms with Crippen LogP contribution >= 0.6 is 11.6 Å². The van der Waals surface area contributed by atoms with Crippen molar-refractivity contribution in [3.05, 3.63) is 24.0 Å². The second-order valence-electron chi connectivity index (χ2n) is 3.69. The predicted molar refractivity (Wildman–Crippen MR) is 68.3 cm³/mol. The van der Waals surface area contributed by atoms with Crippen LogP contribution in [-0.4, -0.2) is 56.0 Å². The van der Waals surface area contributed by atoms with E-state index in [0.717, 1.165) is 0 Å². The highest BCUT2D eigenvalue weighted by Crippen LogP contribution is 2.09. The molecule has 0 fully saturated rings. The normalized spacial score (nSPS) is 12.4. The first-order valence-corrected chi connectivity index (χ1v) is 5.87. The Balaban J connectivity index is 2.09. The minimum atomic E-state index is -0.655. The van der Waals surface area contributed by atoms with Gasteiger partial charge in [0.05, 0.1) is 12.7 Å². The van der Waals surface area contributed by atoms with E-state index in [2.05, 4.69) is 25.3 Å². The maximum atomic E-state index is 9.53. The zero-order valence-corrected chi connectivity index (χ0v) is 10.9. The highest BCUT2D eigenvalue weighted by molar-refractivity contribution is 6.28. The molecule has 2 aromatic rings. The topological polar surface area (TPSA) is 98.0 Å². The molecular weight excluding hydrogens is 272 g/mol. The van der Waals surface area contributed by atoms with Crippen LogP contribution in [0.2, 0.25) is 5.28 Å². The highest BCUT2D eigenvalue weighted by Gasteiger charge is 2.08. The Morgan fingerprint density at radius 2 is 2.32 bits per heavy atom. The van der Waals surface area contributed by atoms with Crippen molar-refractivity contribution in [3.8, 4) is 5.95 Å². The standard InChI is InChI=1S/C10H13ClN6O2/c1-19-5-7(18)4-13-9-14-8(11)15-10(16-9)17-3-2-12-6-17/h2-3,6-7,18H,4-5H2,1H3,(H,13,14,15,16). The molecule has 0 aliphatic carbocycles. The van der Waals surface area contributed by atoms with Crippen molar-refractivity contribution in [2.75, 3.05) is 25.6 Å². The summed E-state index contributed by atoms with van der Waals surface area (Å²) in [5.74, 6) is 0.625. The Morgan fingerprint density at radius 3 is 3.00 bits per heavy atom. The number of ether oxygens (including phenoxy) is 1. The Labute approximate surface area is 114 Å². The fourth-order valence-corrected chi connectivity index (χ4v) is 1.53. The molecule has 0 saturated carbocycles. The number of nitrogens with one attached hydrogen (secondary N) is 1. The fourth-order valence-electron chi connectivity index (χ4n) is 1.37. The van der Waals surface area contributed by atoms with Crippen molar-refractivity contribution in [2.24, 2.45) is 0 Å². The molecule has 0 spiro atoms. The molecule has 0 aliphatic heterocycles. The van der Waals surface area contributed by atoms with Gasteiger partial charge in [-0.15, -0.1) is 0 Å². The van der Waals surface area contributed by atoms with Gasteiger partial charge >= 0.3 is 0 Å². The molecule has 102 valence electrons. The van der Waals surface area contributed by atoms with Crippen LogP contribution < -0.4 is 5.32 Å². The molecule has 1 atom stereocenters. The van der Waals surface area contributed by atoms with E-state index in [0.29, 0.717) is 5.95 Å². The smallest absolute Gasteiger partial charge is 0.241 e. The third-order valence-corrected chi connectivity index (χ3v) is 2.36. The van der Waals surface area contributed by atoms with Gasteiger partial charge in [-0.2, -0.15) is 15.0 Å².